The minimum absolute atomic E-state index is 0.0958. The second-order valence-corrected chi connectivity index (χ2v) is 9.87. The molecular formula is C27H33N3O4. The lowest BCUT2D eigenvalue weighted by atomic mass is 9.85. The number of amides is 2. The zero-order valence-electron chi connectivity index (χ0n) is 20.2. The number of furan rings is 1. The number of hydrogen-bond acceptors (Lipinski definition) is 4. The molecule has 1 fully saturated rings. The molecule has 180 valence electrons. The summed E-state index contributed by atoms with van der Waals surface area (Å²) in [7, 11) is 0. The first-order valence-corrected chi connectivity index (χ1v) is 12.3. The first-order valence-electron chi connectivity index (χ1n) is 12.3. The van der Waals surface area contributed by atoms with E-state index in [2.05, 4.69) is 12.2 Å². The van der Waals surface area contributed by atoms with Crippen LogP contribution in [-0.4, -0.2) is 39.5 Å². The van der Waals surface area contributed by atoms with Gasteiger partial charge in [0.1, 0.15) is 17.0 Å². The highest BCUT2D eigenvalue weighted by atomic mass is 16.5. The number of carbonyl (C=O) groups excluding carboxylic acids is 2. The summed E-state index contributed by atoms with van der Waals surface area (Å²) in [6, 6.07) is 11.5. The fourth-order valence-corrected chi connectivity index (χ4v) is 5.42. The molecule has 2 aliphatic rings. The van der Waals surface area contributed by atoms with Crippen LogP contribution < -0.4 is 10.1 Å². The Labute approximate surface area is 200 Å². The maximum Gasteiger partial charge on any atom is 0.271 e. The van der Waals surface area contributed by atoms with Gasteiger partial charge in [0, 0.05) is 24.7 Å². The second-order valence-electron chi connectivity index (χ2n) is 9.87. The standard InChI is InChI=1S/C27H33N3O4/c1-4-33-20-11-9-19(10-12-20)16-30-25(31)23-15-24-22(13-14-34-24)29(23)17-27(30,3)26(32)28-21-8-6-5-7-18(21)2/h9-15,18,21H,4-8,16-17H2,1-3H3,(H,28,32). The van der Waals surface area contributed by atoms with Crippen molar-refractivity contribution in [1.82, 2.24) is 14.8 Å². The molecule has 1 aromatic carbocycles. The van der Waals surface area contributed by atoms with Gasteiger partial charge in [-0.3, -0.25) is 9.59 Å². The van der Waals surface area contributed by atoms with Gasteiger partial charge in [0.15, 0.2) is 5.58 Å². The van der Waals surface area contributed by atoms with Gasteiger partial charge in [-0.05, 0) is 50.3 Å². The molecule has 7 heteroatoms. The molecule has 1 aliphatic heterocycles. The van der Waals surface area contributed by atoms with Crippen LogP contribution in [-0.2, 0) is 17.9 Å². The number of nitrogens with one attached hydrogen (secondary N) is 1. The predicted octanol–water partition coefficient (Wildman–Crippen LogP) is 4.74. The monoisotopic (exact) mass is 463 g/mol. The van der Waals surface area contributed by atoms with E-state index >= 15 is 0 Å². The second kappa shape index (κ2) is 8.85. The maximum absolute atomic E-state index is 13.9. The van der Waals surface area contributed by atoms with Crippen LogP contribution in [0.15, 0.2) is 47.1 Å². The molecular weight excluding hydrogens is 430 g/mol. The quantitative estimate of drug-likeness (QED) is 0.573. The van der Waals surface area contributed by atoms with Crippen LogP contribution in [0.1, 0.15) is 62.5 Å². The summed E-state index contributed by atoms with van der Waals surface area (Å²) in [5, 5.41) is 3.32. The SMILES string of the molecule is CCOc1ccc(CN2C(=O)c3cc4occc4n3CC2(C)C(=O)NC2CCCCC2C)cc1. The highest BCUT2D eigenvalue weighted by molar-refractivity contribution is 6.02. The van der Waals surface area contributed by atoms with Crippen LogP contribution in [0.25, 0.3) is 11.1 Å². The number of nitrogens with zero attached hydrogens (tertiary/aromatic N) is 2. The van der Waals surface area contributed by atoms with Crippen molar-refractivity contribution >= 4 is 22.9 Å². The molecule has 34 heavy (non-hydrogen) atoms. The lowest BCUT2D eigenvalue weighted by Gasteiger charge is -2.45. The Balaban J connectivity index is 1.49. The Morgan fingerprint density at radius 1 is 1.21 bits per heavy atom. The Bertz CT molecular complexity index is 1190. The number of hydrogen-bond donors (Lipinski definition) is 1. The van der Waals surface area contributed by atoms with Crippen molar-refractivity contribution in [2.24, 2.45) is 5.92 Å². The fraction of sp³-hybridized carbons (Fsp3) is 0.481. The van der Waals surface area contributed by atoms with Gasteiger partial charge in [-0.2, -0.15) is 0 Å². The number of benzene rings is 1. The molecule has 5 rings (SSSR count). The molecule has 0 radical (unpaired) electrons. The summed E-state index contributed by atoms with van der Waals surface area (Å²) in [5.41, 5.74) is 1.97. The normalized spacial score (nSPS) is 24.8. The molecule has 1 N–H and O–H groups in total. The third-order valence-electron chi connectivity index (χ3n) is 7.54. The highest BCUT2D eigenvalue weighted by Crippen LogP contribution is 2.35. The Morgan fingerprint density at radius 2 is 1.97 bits per heavy atom. The molecule has 3 atom stereocenters. The molecule has 1 saturated carbocycles. The zero-order chi connectivity index (χ0) is 23.9. The Kier molecular flexibility index (Phi) is 5.88. The average Bonchev–Trinajstić information content (AvgIpc) is 3.42. The van der Waals surface area contributed by atoms with Gasteiger partial charge in [-0.1, -0.05) is 31.9 Å². The first kappa shape index (κ1) is 22.6. The predicted molar refractivity (Wildman–Crippen MR) is 130 cm³/mol. The molecule has 3 unspecified atom stereocenters. The summed E-state index contributed by atoms with van der Waals surface area (Å²) < 4.78 is 13.1. The molecule has 3 heterocycles. The van der Waals surface area contributed by atoms with E-state index in [1.165, 1.54) is 6.42 Å². The number of fused-ring (bicyclic) bond motifs is 3. The largest absolute Gasteiger partial charge is 0.494 e. The molecule has 0 saturated heterocycles. The zero-order valence-corrected chi connectivity index (χ0v) is 20.2. The van der Waals surface area contributed by atoms with E-state index < -0.39 is 5.54 Å². The van der Waals surface area contributed by atoms with Crippen molar-refractivity contribution in [3.63, 3.8) is 0 Å². The molecule has 3 aromatic rings. The Hall–Kier alpha value is -3.22. The smallest absolute Gasteiger partial charge is 0.271 e. The lowest BCUT2D eigenvalue weighted by molar-refractivity contribution is -0.134. The van der Waals surface area contributed by atoms with E-state index in [4.69, 9.17) is 9.15 Å². The van der Waals surface area contributed by atoms with Crippen LogP contribution in [0.2, 0.25) is 0 Å². The lowest BCUT2D eigenvalue weighted by Crippen LogP contribution is -2.65. The summed E-state index contributed by atoms with van der Waals surface area (Å²) in [5.74, 6) is 0.961. The minimum Gasteiger partial charge on any atom is -0.494 e. The molecule has 2 aromatic heterocycles. The van der Waals surface area contributed by atoms with Crippen molar-refractivity contribution < 1.29 is 18.7 Å². The van der Waals surface area contributed by atoms with E-state index in [0.717, 1.165) is 36.1 Å². The van der Waals surface area contributed by atoms with Crippen molar-refractivity contribution in [3.05, 3.63) is 53.9 Å². The van der Waals surface area contributed by atoms with Crippen molar-refractivity contribution in [2.45, 2.75) is 71.1 Å². The van der Waals surface area contributed by atoms with Crippen LogP contribution >= 0.6 is 0 Å². The number of ether oxygens (including phenoxy) is 1. The van der Waals surface area contributed by atoms with E-state index in [0.29, 0.717) is 36.9 Å². The topological polar surface area (TPSA) is 76.7 Å². The minimum atomic E-state index is -1.04. The van der Waals surface area contributed by atoms with E-state index in [9.17, 15) is 9.59 Å². The van der Waals surface area contributed by atoms with Crippen LogP contribution in [0, 0.1) is 5.92 Å². The van der Waals surface area contributed by atoms with Crippen LogP contribution in [0.4, 0.5) is 0 Å². The van der Waals surface area contributed by atoms with Gasteiger partial charge in [-0.15, -0.1) is 0 Å². The van der Waals surface area contributed by atoms with Crippen molar-refractivity contribution in [3.8, 4) is 5.75 Å². The summed E-state index contributed by atoms with van der Waals surface area (Å²) >= 11 is 0. The highest BCUT2D eigenvalue weighted by Gasteiger charge is 2.48. The molecule has 0 spiro atoms. The van der Waals surface area contributed by atoms with Gasteiger partial charge in [0.05, 0.1) is 24.9 Å². The average molecular weight is 464 g/mol. The van der Waals surface area contributed by atoms with E-state index in [1.54, 1.807) is 17.2 Å². The summed E-state index contributed by atoms with van der Waals surface area (Å²) in [4.78, 5) is 29.4. The van der Waals surface area contributed by atoms with E-state index in [1.807, 2.05) is 48.7 Å². The molecule has 2 amide bonds. The van der Waals surface area contributed by atoms with Crippen molar-refractivity contribution in [1.29, 1.82) is 0 Å². The molecule has 0 bridgehead atoms. The van der Waals surface area contributed by atoms with Gasteiger partial charge in [0.25, 0.3) is 5.91 Å². The van der Waals surface area contributed by atoms with Crippen molar-refractivity contribution in [2.75, 3.05) is 6.61 Å². The van der Waals surface area contributed by atoms with Gasteiger partial charge < -0.3 is 23.9 Å². The van der Waals surface area contributed by atoms with Gasteiger partial charge >= 0.3 is 0 Å². The van der Waals surface area contributed by atoms with Gasteiger partial charge in [-0.25, -0.2) is 0 Å². The summed E-state index contributed by atoms with van der Waals surface area (Å²) in [6.45, 7) is 7.35. The first-order chi connectivity index (χ1) is 16.4. The van der Waals surface area contributed by atoms with Crippen LogP contribution in [0.5, 0.6) is 5.75 Å². The third kappa shape index (κ3) is 3.87. The molecule has 1 aliphatic carbocycles. The van der Waals surface area contributed by atoms with Gasteiger partial charge in [0.2, 0.25) is 5.91 Å². The van der Waals surface area contributed by atoms with E-state index in [-0.39, 0.29) is 17.9 Å². The fourth-order valence-electron chi connectivity index (χ4n) is 5.42. The number of aromatic nitrogens is 1. The third-order valence-corrected chi connectivity index (χ3v) is 7.54. The number of carbonyl (C=O) groups is 2. The maximum atomic E-state index is 13.9. The molecule has 7 nitrogen and oxygen atoms in total. The van der Waals surface area contributed by atoms with Crippen LogP contribution in [0.3, 0.4) is 0 Å². The summed E-state index contributed by atoms with van der Waals surface area (Å²) in [6.07, 6.45) is 6.05. The number of rotatable bonds is 6. The Morgan fingerprint density at radius 3 is 2.71 bits per heavy atom.